The Morgan fingerprint density at radius 3 is 2.48 bits per heavy atom. The molecular formula is C17H21NO3. The van der Waals surface area contributed by atoms with Crippen molar-refractivity contribution >= 4 is 0 Å². The molecule has 0 saturated heterocycles. The molecule has 112 valence electrons. The van der Waals surface area contributed by atoms with Crippen molar-refractivity contribution < 1.29 is 14.6 Å². The summed E-state index contributed by atoms with van der Waals surface area (Å²) in [7, 11) is 0. The lowest BCUT2D eigenvalue weighted by Gasteiger charge is -2.13. The van der Waals surface area contributed by atoms with Gasteiger partial charge in [0.2, 0.25) is 5.88 Å². The first-order valence-electron chi connectivity index (χ1n) is 7.15. The summed E-state index contributed by atoms with van der Waals surface area (Å²) in [6, 6.07) is 11.1. The molecule has 0 atom stereocenters. The standard InChI is InChI=1S/C17H21NO3/c1-4-20-15-7-5-6-8-16(15)21-17-10-13(11-19)9-14(18-17)12(2)3/h5-10,12,19H,4,11H2,1-3H3. The Balaban J connectivity index is 2.32. The van der Waals surface area contributed by atoms with Gasteiger partial charge in [0, 0.05) is 11.8 Å². The summed E-state index contributed by atoms with van der Waals surface area (Å²) >= 11 is 0. The van der Waals surface area contributed by atoms with Crippen molar-refractivity contribution in [2.45, 2.75) is 33.3 Å². The number of aliphatic hydroxyl groups excluding tert-OH is 1. The van der Waals surface area contributed by atoms with Crippen molar-refractivity contribution in [3.05, 3.63) is 47.7 Å². The molecule has 0 fully saturated rings. The Labute approximate surface area is 125 Å². The number of hydrogen-bond donors (Lipinski definition) is 1. The van der Waals surface area contributed by atoms with E-state index in [2.05, 4.69) is 18.8 Å². The molecule has 4 nitrogen and oxygen atoms in total. The van der Waals surface area contributed by atoms with Gasteiger partial charge in [-0.3, -0.25) is 0 Å². The van der Waals surface area contributed by atoms with Crippen LogP contribution in [0.15, 0.2) is 36.4 Å². The third kappa shape index (κ3) is 3.95. The van der Waals surface area contributed by atoms with Crippen LogP contribution in [0.4, 0.5) is 0 Å². The highest BCUT2D eigenvalue weighted by Crippen LogP contribution is 2.31. The number of benzene rings is 1. The van der Waals surface area contributed by atoms with Crippen LogP contribution < -0.4 is 9.47 Å². The maximum atomic E-state index is 9.37. The molecule has 0 bridgehead atoms. The first-order chi connectivity index (χ1) is 10.1. The van der Waals surface area contributed by atoms with E-state index in [1.54, 1.807) is 6.07 Å². The minimum atomic E-state index is -0.0360. The van der Waals surface area contributed by atoms with E-state index >= 15 is 0 Å². The van der Waals surface area contributed by atoms with Crippen LogP contribution in [-0.4, -0.2) is 16.7 Å². The minimum absolute atomic E-state index is 0.0360. The second-order valence-electron chi connectivity index (χ2n) is 5.03. The average Bonchev–Trinajstić information content (AvgIpc) is 2.49. The third-order valence-electron chi connectivity index (χ3n) is 3.02. The second-order valence-corrected chi connectivity index (χ2v) is 5.03. The number of para-hydroxylation sites is 2. The predicted molar refractivity (Wildman–Crippen MR) is 81.9 cm³/mol. The molecular weight excluding hydrogens is 266 g/mol. The van der Waals surface area contributed by atoms with E-state index in [1.165, 1.54) is 0 Å². The van der Waals surface area contributed by atoms with E-state index in [4.69, 9.17) is 9.47 Å². The number of aliphatic hydroxyl groups is 1. The number of pyridine rings is 1. The van der Waals surface area contributed by atoms with E-state index in [9.17, 15) is 5.11 Å². The van der Waals surface area contributed by atoms with Crippen LogP contribution in [0.1, 0.15) is 37.9 Å². The topological polar surface area (TPSA) is 51.6 Å². The zero-order valence-corrected chi connectivity index (χ0v) is 12.7. The van der Waals surface area contributed by atoms with Crippen LogP contribution in [0.3, 0.4) is 0 Å². The highest BCUT2D eigenvalue weighted by molar-refractivity contribution is 5.42. The largest absolute Gasteiger partial charge is 0.490 e. The van der Waals surface area contributed by atoms with Crippen molar-refractivity contribution in [2.75, 3.05) is 6.61 Å². The number of aromatic nitrogens is 1. The maximum Gasteiger partial charge on any atom is 0.220 e. The van der Waals surface area contributed by atoms with Crippen LogP contribution in [0.25, 0.3) is 0 Å². The van der Waals surface area contributed by atoms with Gasteiger partial charge in [-0.25, -0.2) is 4.98 Å². The van der Waals surface area contributed by atoms with Gasteiger partial charge in [0.1, 0.15) is 0 Å². The fraction of sp³-hybridized carbons (Fsp3) is 0.353. The zero-order chi connectivity index (χ0) is 15.2. The Hall–Kier alpha value is -2.07. The average molecular weight is 287 g/mol. The van der Waals surface area contributed by atoms with E-state index in [1.807, 2.05) is 37.3 Å². The van der Waals surface area contributed by atoms with E-state index < -0.39 is 0 Å². The number of ether oxygens (including phenoxy) is 2. The minimum Gasteiger partial charge on any atom is -0.490 e. The van der Waals surface area contributed by atoms with Gasteiger partial charge < -0.3 is 14.6 Å². The second kappa shape index (κ2) is 7.09. The third-order valence-corrected chi connectivity index (χ3v) is 3.02. The molecule has 0 amide bonds. The van der Waals surface area contributed by atoms with Crippen LogP contribution in [0.2, 0.25) is 0 Å². The molecule has 2 aromatic rings. The molecule has 0 radical (unpaired) electrons. The summed E-state index contributed by atoms with van der Waals surface area (Å²) in [5.74, 6) is 2.04. The Kier molecular flexibility index (Phi) is 5.17. The quantitative estimate of drug-likeness (QED) is 0.875. The maximum absolute atomic E-state index is 9.37. The molecule has 1 heterocycles. The molecule has 0 unspecified atom stereocenters. The molecule has 2 rings (SSSR count). The van der Waals surface area contributed by atoms with Crippen LogP contribution in [-0.2, 0) is 6.61 Å². The van der Waals surface area contributed by atoms with Crippen molar-refractivity contribution in [2.24, 2.45) is 0 Å². The summed E-state index contributed by atoms with van der Waals surface area (Å²) in [6.45, 7) is 6.58. The monoisotopic (exact) mass is 287 g/mol. The SMILES string of the molecule is CCOc1ccccc1Oc1cc(CO)cc(C(C)C)n1. The van der Waals surface area contributed by atoms with Gasteiger partial charge in [-0.05, 0) is 36.6 Å². The summed E-state index contributed by atoms with van der Waals surface area (Å²) in [5, 5.41) is 9.37. The fourth-order valence-corrected chi connectivity index (χ4v) is 1.94. The molecule has 1 N–H and O–H groups in total. The van der Waals surface area contributed by atoms with Crippen LogP contribution in [0.5, 0.6) is 17.4 Å². The van der Waals surface area contributed by atoms with Gasteiger partial charge in [0.05, 0.1) is 13.2 Å². The molecule has 0 saturated carbocycles. The summed E-state index contributed by atoms with van der Waals surface area (Å²) in [5.41, 5.74) is 1.68. The first kappa shape index (κ1) is 15.3. The van der Waals surface area contributed by atoms with Gasteiger partial charge in [-0.2, -0.15) is 0 Å². The number of rotatable bonds is 6. The van der Waals surface area contributed by atoms with Crippen molar-refractivity contribution in [1.82, 2.24) is 4.98 Å². The lowest BCUT2D eigenvalue weighted by molar-refractivity contribution is 0.280. The molecule has 0 aliphatic carbocycles. The summed E-state index contributed by atoms with van der Waals surface area (Å²) in [6.07, 6.45) is 0. The lowest BCUT2D eigenvalue weighted by atomic mass is 10.1. The van der Waals surface area contributed by atoms with Crippen molar-refractivity contribution in [3.8, 4) is 17.4 Å². The molecule has 0 aliphatic heterocycles. The van der Waals surface area contributed by atoms with Crippen LogP contribution >= 0.6 is 0 Å². The van der Waals surface area contributed by atoms with Crippen LogP contribution in [0, 0.1) is 0 Å². The summed E-state index contributed by atoms with van der Waals surface area (Å²) < 4.78 is 11.4. The van der Waals surface area contributed by atoms with Gasteiger partial charge in [0.15, 0.2) is 11.5 Å². The van der Waals surface area contributed by atoms with E-state index in [-0.39, 0.29) is 12.5 Å². The smallest absolute Gasteiger partial charge is 0.220 e. The normalized spacial score (nSPS) is 10.7. The van der Waals surface area contributed by atoms with Crippen molar-refractivity contribution in [1.29, 1.82) is 0 Å². The number of nitrogens with zero attached hydrogens (tertiary/aromatic N) is 1. The molecule has 4 heteroatoms. The molecule has 1 aromatic carbocycles. The van der Waals surface area contributed by atoms with Gasteiger partial charge in [-0.1, -0.05) is 26.0 Å². The summed E-state index contributed by atoms with van der Waals surface area (Å²) in [4.78, 5) is 4.49. The Bertz CT molecular complexity index is 596. The van der Waals surface area contributed by atoms with E-state index in [0.29, 0.717) is 24.0 Å². The van der Waals surface area contributed by atoms with Gasteiger partial charge in [0.25, 0.3) is 0 Å². The van der Waals surface area contributed by atoms with E-state index in [0.717, 1.165) is 11.3 Å². The van der Waals surface area contributed by atoms with Gasteiger partial charge >= 0.3 is 0 Å². The molecule has 0 aliphatic rings. The molecule has 21 heavy (non-hydrogen) atoms. The lowest BCUT2D eigenvalue weighted by Crippen LogP contribution is -2.00. The highest BCUT2D eigenvalue weighted by Gasteiger charge is 2.10. The highest BCUT2D eigenvalue weighted by atomic mass is 16.5. The fourth-order valence-electron chi connectivity index (χ4n) is 1.94. The van der Waals surface area contributed by atoms with Gasteiger partial charge in [-0.15, -0.1) is 0 Å². The predicted octanol–water partition coefficient (Wildman–Crippen LogP) is 3.89. The molecule has 0 spiro atoms. The van der Waals surface area contributed by atoms with Crippen molar-refractivity contribution in [3.63, 3.8) is 0 Å². The number of hydrogen-bond acceptors (Lipinski definition) is 4. The molecule has 1 aromatic heterocycles. The Morgan fingerprint density at radius 1 is 1.14 bits per heavy atom. The zero-order valence-electron chi connectivity index (χ0n) is 12.7. The Morgan fingerprint density at radius 2 is 1.86 bits per heavy atom. The first-order valence-corrected chi connectivity index (χ1v) is 7.15.